The number of aryl methyl sites for hydroxylation is 1. The molecule has 2 aliphatic heterocycles. The lowest BCUT2D eigenvalue weighted by atomic mass is 9.96. The number of fused-ring (bicyclic) bond motifs is 1. The lowest BCUT2D eigenvalue weighted by Gasteiger charge is -2.39. The molecule has 6 heteroatoms. The van der Waals surface area contributed by atoms with Crippen LogP contribution in [0, 0.1) is 5.82 Å². The van der Waals surface area contributed by atoms with Crippen LogP contribution in [0.3, 0.4) is 0 Å². The Bertz CT molecular complexity index is 805. The average Bonchev–Trinajstić information content (AvgIpc) is 2.69. The second kappa shape index (κ2) is 7.64. The van der Waals surface area contributed by atoms with Gasteiger partial charge in [0.1, 0.15) is 11.6 Å². The van der Waals surface area contributed by atoms with E-state index < -0.39 is 0 Å². The average molecular weight is 368 g/mol. The predicted molar refractivity (Wildman–Crippen MR) is 105 cm³/mol. The van der Waals surface area contributed by atoms with Crippen molar-refractivity contribution in [1.29, 1.82) is 0 Å². The number of carbonyl (C=O) groups is 1. The normalized spacial score (nSPS) is 20.4. The number of hydrogen-bond acceptors (Lipinski definition) is 4. The van der Waals surface area contributed by atoms with Gasteiger partial charge in [0.25, 0.3) is 0 Å². The van der Waals surface area contributed by atoms with Crippen molar-refractivity contribution in [3.63, 3.8) is 0 Å². The third-order valence-corrected chi connectivity index (χ3v) is 5.55. The highest BCUT2D eigenvalue weighted by Crippen LogP contribution is 2.31. The van der Waals surface area contributed by atoms with Crippen LogP contribution in [0.5, 0.6) is 0 Å². The number of benzene rings is 1. The molecule has 0 spiro atoms. The number of carbonyl (C=O) groups excluding carboxylic acids is 1. The van der Waals surface area contributed by atoms with Gasteiger partial charge >= 0.3 is 0 Å². The summed E-state index contributed by atoms with van der Waals surface area (Å²) < 4.78 is 13.5. The molecule has 0 unspecified atom stereocenters. The van der Waals surface area contributed by atoms with Crippen LogP contribution in [0.25, 0.3) is 0 Å². The summed E-state index contributed by atoms with van der Waals surface area (Å²) in [6.45, 7) is 5.87. The van der Waals surface area contributed by atoms with E-state index in [4.69, 9.17) is 0 Å². The van der Waals surface area contributed by atoms with Crippen molar-refractivity contribution in [3.8, 4) is 0 Å². The van der Waals surface area contributed by atoms with Gasteiger partial charge in [-0.05, 0) is 55.7 Å². The summed E-state index contributed by atoms with van der Waals surface area (Å²) in [6, 6.07) is 10.8. The topological polar surface area (TPSA) is 39.7 Å². The molecule has 0 bridgehead atoms. The molecule has 1 atom stereocenters. The molecule has 142 valence electrons. The molecule has 1 fully saturated rings. The Balaban J connectivity index is 1.40. The lowest BCUT2D eigenvalue weighted by molar-refractivity contribution is -0.120. The molecular weight excluding hydrogens is 343 g/mol. The maximum atomic E-state index is 13.5. The predicted octanol–water partition coefficient (Wildman–Crippen LogP) is 2.71. The van der Waals surface area contributed by atoms with E-state index in [2.05, 4.69) is 21.7 Å². The van der Waals surface area contributed by atoms with Gasteiger partial charge in [0.15, 0.2) is 0 Å². The molecule has 5 nitrogen and oxygen atoms in total. The minimum Gasteiger partial charge on any atom is -0.354 e. The third-order valence-electron chi connectivity index (χ3n) is 5.55. The van der Waals surface area contributed by atoms with Crippen LogP contribution in [0.4, 0.5) is 15.9 Å². The summed E-state index contributed by atoms with van der Waals surface area (Å²) in [5.74, 6) is 0.853. The zero-order chi connectivity index (χ0) is 18.8. The summed E-state index contributed by atoms with van der Waals surface area (Å²) in [6.07, 6.45) is 3.50. The van der Waals surface area contributed by atoms with Crippen molar-refractivity contribution in [2.24, 2.45) is 0 Å². The van der Waals surface area contributed by atoms with E-state index in [-0.39, 0.29) is 17.8 Å². The molecule has 1 aromatic heterocycles. The fraction of sp³-hybridized carbons (Fsp3) is 0.429. The van der Waals surface area contributed by atoms with Crippen molar-refractivity contribution in [1.82, 2.24) is 9.88 Å². The van der Waals surface area contributed by atoms with Crippen molar-refractivity contribution in [2.75, 3.05) is 42.5 Å². The number of halogens is 1. The largest absolute Gasteiger partial charge is 0.354 e. The minimum atomic E-state index is -0.235. The van der Waals surface area contributed by atoms with E-state index >= 15 is 0 Å². The zero-order valence-corrected chi connectivity index (χ0v) is 15.6. The summed E-state index contributed by atoms with van der Waals surface area (Å²) in [4.78, 5) is 23.8. The van der Waals surface area contributed by atoms with E-state index in [1.54, 1.807) is 12.1 Å². The van der Waals surface area contributed by atoms with Crippen molar-refractivity contribution in [3.05, 3.63) is 54.0 Å². The fourth-order valence-electron chi connectivity index (χ4n) is 4.04. The molecule has 27 heavy (non-hydrogen) atoms. The van der Waals surface area contributed by atoms with Gasteiger partial charge in [0.2, 0.25) is 5.91 Å². The summed E-state index contributed by atoms with van der Waals surface area (Å²) in [5, 5.41) is 0. The van der Waals surface area contributed by atoms with Crippen LogP contribution in [0.1, 0.15) is 18.9 Å². The Morgan fingerprint density at radius 2 is 2.00 bits per heavy atom. The first-order valence-electron chi connectivity index (χ1n) is 9.60. The van der Waals surface area contributed by atoms with Crippen molar-refractivity contribution >= 4 is 17.4 Å². The SMILES string of the molecule is C[C@@H]1CCc2cc(F)ccc2N1C(=O)CN1CCN(c2ccccn2)CC1. The minimum absolute atomic E-state index is 0.0985. The van der Waals surface area contributed by atoms with Gasteiger partial charge in [-0.3, -0.25) is 9.69 Å². The molecule has 1 aromatic carbocycles. The highest BCUT2D eigenvalue weighted by molar-refractivity contribution is 5.96. The van der Waals surface area contributed by atoms with Crippen molar-refractivity contribution < 1.29 is 9.18 Å². The van der Waals surface area contributed by atoms with E-state index in [0.29, 0.717) is 6.54 Å². The second-order valence-corrected chi connectivity index (χ2v) is 7.38. The number of amides is 1. The Hall–Kier alpha value is -2.47. The van der Waals surface area contributed by atoms with Gasteiger partial charge in [-0.2, -0.15) is 0 Å². The molecule has 0 N–H and O–H groups in total. The highest BCUT2D eigenvalue weighted by atomic mass is 19.1. The van der Waals surface area contributed by atoms with E-state index in [1.165, 1.54) is 6.07 Å². The molecule has 2 aliphatic rings. The molecule has 2 aromatic rings. The Morgan fingerprint density at radius 3 is 2.74 bits per heavy atom. The number of aromatic nitrogens is 1. The molecule has 0 aliphatic carbocycles. The van der Waals surface area contributed by atoms with E-state index in [9.17, 15) is 9.18 Å². The Kier molecular flexibility index (Phi) is 5.07. The first-order valence-corrected chi connectivity index (χ1v) is 9.60. The third kappa shape index (κ3) is 3.81. The van der Waals surface area contributed by atoms with Gasteiger partial charge in [-0.15, -0.1) is 0 Å². The maximum absolute atomic E-state index is 13.5. The summed E-state index contributed by atoms with van der Waals surface area (Å²) >= 11 is 0. The van der Waals surface area contributed by atoms with Gasteiger partial charge in [0, 0.05) is 44.1 Å². The number of hydrogen-bond donors (Lipinski definition) is 0. The lowest BCUT2D eigenvalue weighted by Crippen LogP contribution is -2.52. The van der Waals surface area contributed by atoms with E-state index in [0.717, 1.165) is 56.1 Å². The summed E-state index contributed by atoms with van der Waals surface area (Å²) in [7, 11) is 0. The van der Waals surface area contributed by atoms with Crippen LogP contribution < -0.4 is 9.80 Å². The van der Waals surface area contributed by atoms with E-state index in [1.807, 2.05) is 29.3 Å². The van der Waals surface area contributed by atoms with Gasteiger partial charge in [-0.1, -0.05) is 6.07 Å². The standard InChI is InChI=1S/C21H25FN4O/c1-16-5-6-17-14-18(22)7-8-19(17)26(16)21(27)15-24-10-12-25(13-11-24)20-4-2-3-9-23-20/h2-4,7-9,14,16H,5-6,10-13,15H2,1H3/t16-/m1/s1. The first-order chi connectivity index (χ1) is 13.1. The molecule has 0 saturated carbocycles. The Morgan fingerprint density at radius 1 is 1.19 bits per heavy atom. The second-order valence-electron chi connectivity index (χ2n) is 7.38. The molecule has 3 heterocycles. The first kappa shape index (κ1) is 17.9. The quantitative estimate of drug-likeness (QED) is 0.835. The number of anilines is 2. The van der Waals surface area contributed by atoms with Gasteiger partial charge < -0.3 is 9.80 Å². The van der Waals surface area contributed by atoms with Crippen LogP contribution in [0.15, 0.2) is 42.6 Å². The molecule has 1 amide bonds. The zero-order valence-electron chi connectivity index (χ0n) is 15.6. The highest BCUT2D eigenvalue weighted by Gasteiger charge is 2.30. The summed E-state index contributed by atoms with van der Waals surface area (Å²) in [5.41, 5.74) is 1.80. The number of piperazine rings is 1. The number of nitrogens with zero attached hydrogens (tertiary/aromatic N) is 4. The number of pyridine rings is 1. The fourth-order valence-corrected chi connectivity index (χ4v) is 4.04. The molecule has 0 radical (unpaired) electrons. The molecule has 1 saturated heterocycles. The van der Waals surface area contributed by atoms with Crippen LogP contribution >= 0.6 is 0 Å². The monoisotopic (exact) mass is 368 g/mol. The van der Waals surface area contributed by atoms with Gasteiger partial charge in [-0.25, -0.2) is 9.37 Å². The molecule has 4 rings (SSSR count). The van der Waals surface area contributed by atoms with Crippen LogP contribution in [-0.2, 0) is 11.2 Å². The maximum Gasteiger partial charge on any atom is 0.241 e. The smallest absolute Gasteiger partial charge is 0.241 e. The van der Waals surface area contributed by atoms with Crippen molar-refractivity contribution in [2.45, 2.75) is 25.8 Å². The number of rotatable bonds is 3. The van der Waals surface area contributed by atoms with Gasteiger partial charge in [0.05, 0.1) is 6.54 Å². The van der Waals surface area contributed by atoms with Crippen LogP contribution in [-0.4, -0.2) is 54.6 Å². The molecular formula is C21H25FN4O. The Labute approximate surface area is 159 Å². The van der Waals surface area contributed by atoms with Crippen LogP contribution in [0.2, 0.25) is 0 Å².